The Hall–Kier alpha value is -2.00. The molecule has 0 spiro atoms. The Morgan fingerprint density at radius 3 is 2.85 bits per heavy atom. The van der Waals surface area contributed by atoms with E-state index in [1.807, 2.05) is 42.5 Å². The Labute approximate surface area is 118 Å². The zero-order valence-corrected chi connectivity index (χ0v) is 11.5. The first-order valence-electron chi connectivity index (χ1n) is 6.85. The summed E-state index contributed by atoms with van der Waals surface area (Å²) in [6.45, 7) is 0.783. The fourth-order valence-electron chi connectivity index (χ4n) is 2.55. The molecule has 104 valence electrons. The van der Waals surface area contributed by atoms with Crippen LogP contribution in [0.5, 0.6) is 11.5 Å². The quantitative estimate of drug-likeness (QED) is 0.931. The van der Waals surface area contributed by atoms with E-state index in [0.717, 1.165) is 42.1 Å². The van der Waals surface area contributed by atoms with E-state index in [-0.39, 0.29) is 0 Å². The maximum absolute atomic E-state index is 10.5. The summed E-state index contributed by atoms with van der Waals surface area (Å²) in [4.78, 5) is 0. The monoisotopic (exact) mass is 270 g/mol. The molecular weight excluding hydrogens is 252 g/mol. The van der Waals surface area contributed by atoms with Crippen molar-refractivity contribution in [2.75, 3.05) is 13.7 Å². The number of benzene rings is 2. The van der Waals surface area contributed by atoms with Gasteiger partial charge in [0.15, 0.2) is 0 Å². The molecule has 2 aromatic carbocycles. The van der Waals surface area contributed by atoms with Gasteiger partial charge in [-0.05, 0) is 53.8 Å². The molecule has 0 saturated carbocycles. The maximum Gasteiger partial charge on any atom is 0.122 e. The highest BCUT2D eigenvalue weighted by molar-refractivity contribution is 5.42. The third-order valence-corrected chi connectivity index (χ3v) is 3.66. The van der Waals surface area contributed by atoms with Gasteiger partial charge in [0.1, 0.15) is 17.6 Å². The van der Waals surface area contributed by atoms with Crippen LogP contribution in [0.25, 0.3) is 0 Å². The normalized spacial score (nSPS) is 15.1. The largest absolute Gasteiger partial charge is 0.497 e. The van der Waals surface area contributed by atoms with Crippen molar-refractivity contribution < 1.29 is 14.6 Å². The average molecular weight is 270 g/mol. The molecule has 0 bridgehead atoms. The molecule has 1 N–H and O–H groups in total. The first-order valence-corrected chi connectivity index (χ1v) is 6.85. The Bertz CT molecular complexity index is 607. The Morgan fingerprint density at radius 1 is 1.15 bits per heavy atom. The molecule has 1 aliphatic heterocycles. The summed E-state index contributed by atoms with van der Waals surface area (Å²) in [6.07, 6.45) is 1.40. The second kappa shape index (κ2) is 5.55. The first kappa shape index (κ1) is 13.0. The van der Waals surface area contributed by atoms with Crippen molar-refractivity contribution >= 4 is 0 Å². The molecule has 0 amide bonds. The van der Waals surface area contributed by atoms with Crippen molar-refractivity contribution in [3.63, 3.8) is 0 Å². The number of aliphatic hydroxyl groups is 1. The summed E-state index contributed by atoms with van der Waals surface area (Å²) in [5, 5.41) is 10.5. The Kier molecular flexibility index (Phi) is 3.61. The summed E-state index contributed by atoms with van der Waals surface area (Å²) in [5.74, 6) is 1.70. The van der Waals surface area contributed by atoms with Crippen molar-refractivity contribution in [1.29, 1.82) is 0 Å². The van der Waals surface area contributed by atoms with Crippen LogP contribution in [-0.2, 0) is 6.42 Å². The smallest absolute Gasteiger partial charge is 0.122 e. The summed E-state index contributed by atoms with van der Waals surface area (Å²) in [6, 6.07) is 13.4. The van der Waals surface area contributed by atoms with E-state index < -0.39 is 6.10 Å². The van der Waals surface area contributed by atoms with Gasteiger partial charge in [-0.1, -0.05) is 18.2 Å². The minimum atomic E-state index is -0.641. The molecule has 1 unspecified atom stereocenters. The van der Waals surface area contributed by atoms with Gasteiger partial charge in [0.05, 0.1) is 13.7 Å². The van der Waals surface area contributed by atoms with Crippen LogP contribution in [0.2, 0.25) is 0 Å². The minimum Gasteiger partial charge on any atom is -0.497 e. The van der Waals surface area contributed by atoms with Crippen molar-refractivity contribution in [3.05, 3.63) is 59.2 Å². The van der Waals surface area contributed by atoms with Gasteiger partial charge < -0.3 is 14.6 Å². The van der Waals surface area contributed by atoms with Crippen LogP contribution in [0.4, 0.5) is 0 Å². The predicted octanol–water partition coefficient (Wildman–Crippen LogP) is 3.10. The fourth-order valence-corrected chi connectivity index (χ4v) is 2.55. The van der Waals surface area contributed by atoms with Gasteiger partial charge in [0, 0.05) is 0 Å². The SMILES string of the molecule is COc1cccc(C(O)c2ccc3c(c2)CCCO3)c1. The van der Waals surface area contributed by atoms with Crippen LogP contribution in [0, 0.1) is 0 Å². The lowest BCUT2D eigenvalue weighted by molar-refractivity contribution is 0.219. The average Bonchev–Trinajstić information content (AvgIpc) is 2.53. The summed E-state index contributed by atoms with van der Waals surface area (Å²) >= 11 is 0. The number of fused-ring (bicyclic) bond motifs is 1. The van der Waals surface area contributed by atoms with Gasteiger partial charge in [-0.25, -0.2) is 0 Å². The lowest BCUT2D eigenvalue weighted by atomic mass is 9.97. The molecule has 3 nitrogen and oxygen atoms in total. The molecule has 1 atom stereocenters. The lowest BCUT2D eigenvalue weighted by Gasteiger charge is -2.20. The van der Waals surface area contributed by atoms with Gasteiger partial charge in [-0.2, -0.15) is 0 Å². The number of hydrogen-bond donors (Lipinski definition) is 1. The van der Waals surface area contributed by atoms with E-state index in [2.05, 4.69) is 0 Å². The van der Waals surface area contributed by atoms with Crippen LogP contribution in [0.15, 0.2) is 42.5 Å². The van der Waals surface area contributed by atoms with E-state index in [1.165, 1.54) is 5.56 Å². The molecule has 0 aromatic heterocycles. The Morgan fingerprint density at radius 2 is 2.00 bits per heavy atom. The zero-order valence-electron chi connectivity index (χ0n) is 11.5. The van der Waals surface area contributed by atoms with Crippen LogP contribution in [0.3, 0.4) is 0 Å². The number of aliphatic hydroxyl groups excluding tert-OH is 1. The molecule has 3 heteroatoms. The van der Waals surface area contributed by atoms with E-state index in [1.54, 1.807) is 7.11 Å². The third kappa shape index (κ3) is 2.49. The summed E-state index contributed by atoms with van der Waals surface area (Å²) < 4.78 is 10.8. The molecule has 1 aliphatic rings. The molecule has 20 heavy (non-hydrogen) atoms. The van der Waals surface area contributed by atoms with E-state index in [9.17, 15) is 5.11 Å². The van der Waals surface area contributed by atoms with Gasteiger partial charge >= 0.3 is 0 Å². The minimum absolute atomic E-state index is 0.641. The molecule has 0 aliphatic carbocycles. The molecule has 0 fully saturated rings. The topological polar surface area (TPSA) is 38.7 Å². The van der Waals surface area contributed by atoms with Crippen LogP contribution >= 0.6 is 0 Å². The van der Waals surface area contributed by atoms with Crippen molar-refractivity contribution in [2.24, 2.45) is 0 Å². The van der Waals surface area contributed by atoms with Crippen molar-refractivity contribution in [2.45, 2.75) is 18.9 Å². The Balaban J connectivity index is 1.91. The van der Waals surface area contributed by atoms with Crippen molar-refractivity contribution in [1.82, 2.24) is 0 Å². The standard InChI is InChI=1S/C17H18O3/c1-19-15-6-2-4-13(11-15)17(18)14-7-8-16-12(10-14)5-3-9-20-16/h2,4,6-8,10-11,17-18H,3,5,9H2,1H3. The summed E-state index contributed by atoms with van der Waals surface area (Å²) in [7, 11) is 1.63. The third-order valence-electron chi connectivity index (χ3n) is 3.66. The van der Waals surface area contributed by atoms with Gasteiger partial charge in [0.2, 0.25) is 0 Å². The van der Waals surface area contributed by atoms with Crippen molar-refractivity contribution in [3.8, 4) is 11.5 Å². The van der Waals surface area contributed by atoms with Crippen LogP contribution in [0.1, 0.15) is 29.2 Å². The predicted molar refractivity (Wildman–Crippen MR) is 77.3 cm³/mol. The van der Waals surface area contributed by atoms with E-state index >= 15 is 0 Å². The number of rotatable bonds is 3. The second-order valence-corrected chi connectivity index (χ2v) is 5.00. The molecule has 0 saturated heterocycles. The zero-order chi connectivity index (χ0) is 13.9. The maximum atomic E-state index is 10.5. The molecule has 2 aromatic rings. The number of methoxy groups -OCH3 is 1. The number of hydrogen-bond acceptors (Lipinski definition) is 3. The molecular formula is C17H18O3. The lowest BCUT2D eigenvalue weighted by Crippen LogP contribution is -2.09. The van der Waals surface area contributed by atoms with Gasteiger partial charge in [-0.3, -0.25) is 0 Å². The first-order chi connectivity index (χ1) is 9.78. The fraction of sp³-hybridized carbons (Fsp3) is 0.294. The number of ether oxygens (including phenoxy) is 2. The summed E-state index contributed by atoms with van der Waals surface area (Å²) in [5.41, 5.74) is 2.90. The highest BCUT2D eigenvalue weighted by atomic mass is 16.5. The number of aryl methyl sites for hydroxylation is 1. The van der Waals surface area contributed by atoms with Gasteiger partial charge in [-0.15, -0.1) is 0 Å². The van der Waals surface area contributed by atoms with Gasteiger partial charge in [0.25, 0.3) is 0 Å². The molecule has 0 radical (unpaired) electrons. The molecule has 1 heterocycles. The van der Waals surface area contributed by atoms with E-state index in [0.29, 0.717) is 0 Å². The van der Waals surface area contributed by atoms with E-state index in [4.69, 9.17) is 9.47 Å². The highest BCUT2D eigenvalue weighted by Crippen LogP contribution is 2.31. The second-order valence-electron chi connectivity index (χ2n) is 5.00. The van der Waals surface area contributed by atoms with Crippen LogP contribution in [-0.4, -0.2) is 18.8 Å². The molecule has 3 rings (SSSR count). The van der Waals surface area contributed by atoms with Crippen LogP contribution < -0.4 is 9.47 Å². The highest BCUT2D eigenvalue weighted by Gasteiger charge is 2.16.